The fraction of sp³-hybridized carbons (Fsp3) is 0.321. The molecule has 3 rings (SSSR count). The number of hydrogen-bond acceptors (Lipinski definition) is 4. The van der Waals surface area contributed by atoms with E-state index in [1.807, 2.05) is 39.8 Å². The summed E-state index contributed by atoms with van der Waals surface area (Å²) in [6, 6.07) is 25.7. The molecule has 0 aromatic heterocycles. The number of carboxylic acid groups (broad SMARTS) is 1. The predicted molar refractivity (Wildman–Crippen MR) is 142 cm³/mol. The molecule has 0 saturated carbocycles. The van der Waals surface area contributed by atoms with Crippen molar-refractivity contribution in [3.8, 4) is 0 Å². The van der Waals surface area contributed by atoms with Crippen molar-refractivity contribution in [3.05, 3.63) is 96.6 Å². The smallest absolute Gasteiger partial charge is 0.335 e. The van der Waals surface area contributed by atoms with Crippen LogP contribution in [0.25, 0.3) is 0 Å². The lowest BCUT2D eigenvalue weighted by atomic mass is 9.95. The summed E-state index contributed by atoms with van der Waals surface area (Å²) in [5, 5.41) is 28.1. The third-order valence-electron chi connectivity index (χ3n) is 5.26. The molecule has 0 bridgehead atoms. The highest BCUT2D eigenvalue weighted by atomic mass is 31.2. The summed E-state index contributed by atoms with van der Waals surface area (Å²) in [7, 11) is -3.40. The number of aliphatic hydroxyl groups excluding tert-OH is 2. The van der Waals surface area contributed by atoms with Crippen LogP contribution in [0.3, 0.4) is 0 Å². The van der Waals surface area contributed by atoms with Crippen LogP contribution in [-0.4, -0.2) is 38.4 Å². The Morgan fingerprint density at radius 1 is 0.686 bits per heavy atom. The molecule has 0 amide bonds. The molecule has 2 atom stereocenters. The Morgan fingerprint density at radius 3 is 1.26 bits per heavy atom. The molecular weight excluding hydrogens is 463 g/mol. The van der Waals surface area contributed by atoms with E-state index < -0.39 is 13.3 Å². The highest BCUT2D eigenvalue weighted by molar-refractivity contribution is 7.73. The first kappa shape index (κ1) is 30.3. The Labute approximate surface area is 208 Å². The molecule has 4 N–H and O–H groups in total. The van der Waals surface area contributed by atoms with E-state index in [9.17, 15) is 24.5 Å². The highest BCUT2D eigenvalue weighted by Crippen LogP contribution is 2.37. The van der Waals surface area contributed by atoms with Gasteiger partial charge in [0.25, 0.3) is 7.37 Å². The molecule has 35 heavy (non-hydrogen) atoms. The molecule has 0 aliphatic rings. The van der Waals surface area contributed by atoms with Crippen molar-refractivity contribution in [3.63, 3.8) is 0 Å². The van der Waals surface area contributed by atoms with Crippen molar-refractivity contribution in [2.24, 2.45) is 11.8 Å². The van der Waals surface area contributed by atoms with Gasteiger partial charge in [-0.3, -0.25) is 4.57 Å². The van der Waals surface area contributed by atoms with Crippen molar-refractivity contribution in [1.82, 2.24) is 0 Å². The van der Waals surface area contributed by atoms with E-state index in [0.717, 1.165) is 0 Å². The number of rotatable bonds is 7. The number of aliphatic hydroxyl groups is 2. The van der Waals surface area contributed by atoms with Crippen molar-refractivity contribution in [2.75, 3.05) is 0 Å². The van der Waals surface area contributed by atoms with Gasteiger partial charge in [-0.2, -0.15) is 0 Å². The number of benzene rings is 3. The molecular formula is C28H37O6P. The van der Waals surface area contributed by atoms with Gasteiger partial charge in [-0.25, -0.2) is 4.79 Å². The van der Waals surface area contributed by atoms with E-state index in [0.29, 0.717) is 22.6 Å². The summed E-state index contributed by atoms with van der Waals surface area (Å²) in [6.45, 7) is 7.82. The summed E-state index contributed by atoms with van der Waals surface area (Å²) < 4.78 is 12.2. The van der Waals surface area contributed by atoms with Crippen LogP contribution in [-0.2, 0) is 4.57 Å². The van der Waals surface area contributed by atoms with Crippen LogP contribution in [0.5, 0.6) is 0 Å². The van der Waals surface area contributed by atoms with Crippen molar-refractivity contribution in [1.29, 1.82) is 0 Å². The van der Waals surface area contributed by atoms with Gasteiger partial charge in [-0.1, -0.05) is 82.3 Å². The fourth-order valence-corrected chi connectivity index (χ4v) is 4.23. The molecule has 3 aromatic rings. The lowest BCUT2D eigenvalue weighted by Gasteiger charge is -2.20. The second kappa shape index (κ2) is 15.3. The molecule has 6 nitrogen and oxygen atoms in total. The minimum absolute atomic E-state index is 0.239. The maximum Gasteiger partial charge on any atom is 0.335 e. The van der Waals surface area contributed by atoms with Gasteiger partial charge in [0.1, 0.15) is 0 Å². The lowest BCUT2D eigenvalue weighted by Crippen LogP contribution is -2.25. The number of carboxylic acids is 1. The summed E-state index contributed by atoms with van der Waals surface area (Å²) in [5.41, 5.74) is 0.331. The molecule has 2 unspecified atom stereocenters. The first-order valence-electron chi connectivity index (χ1n) is 11.5. The van der Waals surface area contributed by atoms with E-state index in [1.54, 1.807) is 78.9 Å². The first-order chi connectivity index (χ1) is 16.5. The van der Waals surface area contributed by atoms with E-state index in [4.69, 9.17) is 5.11 Å². The minimum Gasteiger partial charge on any atom is -0.478 e. The van der Waals surface area contributed by atoms with Crippen molar-refractivity contribution >= 4 is 23.9 Å². The minimum atomic E-state index is -3.40. The van der Waals surface area contributed by atoms with Crippen LogP contribution < -0.4 is 10.6 Å². The molecule has 0 aliphatic heterocycles. The maximum absolute atomic E-state index is 12.2. The Kier molecular flexibility index (Phi) is 13.2. The zero-order valence-corrected chi connectivity index (χ0v) is 21.6. The topological polar surface area (TPSA) is 115 Å². The van der Waals surface area contributed by atoms with Gasteiger partial charge in [0.2, 0.25) is 0 Å². The highest BCUT2D eigenvalue weighted by Gasteiger charge is 2.22. The monoisotopic (exact) mass is 500 g/mol. The van der Waals surface area contributed by atoms with Crippen molar-refractivity contribution < 1.29 is 29.6 Å². The van der Waals surface area contributed by atoms with Crippen LogP contribution in [0, 0.1) is 11.8 Å². The molecule has 0 aliphatic carbocycles. The summed E-state index contributed by atoms with van der Waals surface area (Å²) in [4.78, 5) is 20.2. The molecule has 190 valence electrons. The standard InChI is InChI=1S/C12H11O2P.C9H20O2.C7H6O2/c13-15(14,11-7-3-1-4-8-11)12-9-5-2-6-10-12;1-6(2)8(10)5-9(11)7(3)4;8-7(9)6-4-2-1-3-5-6/h1-10H,(H,13,14);6-11H,5H2,1-4H3;1-5H,(H,8,9). The fourth-order valence-electron chi connectivity index (χ4n) is 2.78. The van der Waals surface area contributed by atoms with E-state index in [1.165, 1.54) is 0 Å². The maximum atomic E-state index is 12.2. The quantitative estimate of drug-likeness (QED) is 0.350. The number of carbonyl (C=O) groups is 1. The number of aromatic carboxylic acids is 1. The SMILES string of the molecule is CC(C)C(O)CC(O)C(C)C.O=C(O)c1ccccc1.O=P(O)(c1ccccc1)c1ccccc1. The molecule has 0 saturated heterocycles. The predicted octanol–water partition coefficient (Wildman–Crippen LogP) is 4.70. The van der Waals surface area contributed by atoms with Gasteiger partial charge in [0, 0.05) is 10.6 Å². The van der Waals surface area contributed by atoms with Gasteiger partial charge in [0.15, 0.2) is 0 Å². The second-order valence-electron chi connectivity index (χ2n) is 8.78. The average Bonchev–Trinajstić information content (AvgIpc) is 2.86. The lowest BCUT2D eigenvalue weighted by molar-refractivity contribution is 0.0326. The molecule has 0 heterocycles. The van der Waals surface area contributed by atoms with Crippen molar-refractivity contribution in [2.45, 2.75) is 46.3 Å². The van der Waals surface area contributed by atoms with E-state index >= 15 is 0 Å². The van der Waals surface area contributed by atoms with Gasteiger partial charge < -0.3 is 20.2 Å². The third kappa shape index (κ3) is 11.0. The molecule has 3 aromatic carbocycles. The Balaban J connectivity index is 0.000000273. The van der Waals surface area contributed by atoms with Gasteiger partial charge in [-0.15, -0.1) is 0 Å². The van der Waals surface area contributed by atoms with E-state index in [-0.39, 0.29) is 24.0 Å². The summed E-state index contributed by atoms with van der Waals surface area (Å²) in [5.74, 6) is -0.401. The van der Waals surface area contributed by atoms with Crippen LogP contribution in [0.2, 0.25) is 0 Å². The van der Waals surface area contributed by atoms with Crippen LogP contribution in [0.15, 0.2) is 91.0 Å². The Hall–Kier alpha value is -2.76. The Morgan fingerprint density at radius 2 is 1.00 bits per heavy atom. The molecule has 7 heteroatoms. The zero-order chi connectivity index (χ0) is 26.4. The molecule has 0 fully saturated rings. The zero-order valence-electron chi connectivity index (χ0n) is 20.7. The van der Waals surface area contributed by atoms with Gasteiger partial charge in [-0.05, 0) is 54.7 Å². The third-order valence-corrected chi connectivity index (χ3v) is 7.25. The molecule has 0 spiro atoms. The molecule has 0 radical (unpaired) electrons. The average molecular weight is 501 g/mol. The first-order valence-corrected chi connectivity index (χ1v) is 13.2. The normalized spacial score (nSPS) is 12.6. The second-order valence-corrected chi connectivity index (χ2v) is 11.0. The van der Waals surface area contributed by atoms with E-state index in [2.05, 4.69) is 0 Å². The summed E-state index contributed by atoms with van der Waals surface area (Å²) in [6.07, 6.45) is -0.241. The van der Waals surface area contributed by atoms with Gasteiger partial charge >= 0.3 is 5.97 Å². The summed E-state index contributed by atoms with van der Waals surface area (Å²) >= 11 is 0. The van der Waals surface area contributed by atoms with Crippen LogP contribution in [0.4, 0.5) is 0 Å². The van der Waals surface area contributed by atoms with Crippen LogP contribution in [0.1, 0.15) is 44.5 Å². The number of hydrogen-bond donors (Lipinski definition) is 4. The van der Waals surface area contributed by atoms with Gasteiger partial charge in [0.05, 0.1) is 17.8 Å². The van der Waals surface area contributed by atoms with Crippen LogP contribution >= 0.6 is 7.37 Å². The largest absolute Gasteiger partial charge is 0.478 e. The Bertz CT molecular complexity index is 968.